The second kappa shape index (κ2) is 8.79. The van der Waals surface area contributed by atoms with Gasteiger partial charge < -0.3 is 15.3 Å². The van der Waals surface area contributed by atoms with Crippen molar-refractivity contribution in [1.29, 1.82) is 0 Å². The fourth-order valence-corrected chi connectivity index (χ4v) is 0.253. The van der Waals surface area contributed by atoms with Crippen LogP contribution in [0.2, 0.25) is 9.88 Å². The van der Waals surface area contributed by atoms with E-state index in [1.54, 1.807) is 0 Å². The number of carboxylic acid groups (broad SMARTS) is 2. The standard InChI is InChI=1S/C4H6O5.2CH3.Sn/c5-2(4(8)9)1-3(6)7;;;/h2,5H,1H2,(H,6,7)(H,8,9);2*1H3;. The molecule has 0 heterocycles. The van der Waals surface area contributed by atoms with E-state index in [1.165, 1.54) is 0 Å². The van der Waals surface area contributed by atoms with Gasteiger partial charge in [-0.15, -0.1) is 0 Å². The quantitative estimate of drug-likeness (QED) is 0.618. The maximum atomic E-state index is 9.72. The monoisotopic (exact) mass is 284 g/mol. The van der Waals surface area contributed by atoms with E-state index in [4.69, 9.17) is 15.3 Å². The van der Waals surface area contributed by atoms with Crippen LogP contribution in [0.1, 0.15) is 6.42 Å². The maximum absolute atomic E-state index is 9.72. The van der Waals surface area contributed by atoms with Crippen molar-refractivity contribution >= 4 is 33.1 Å². The predicted octanol–water partition coefficient (Wildman–Crippen LogP) is -0.307. The van der Waals surface area contributed by atoms with Crippen molar-refractivity contribution in [3.63, 3.8) is 0 Å². The molecule has 3 N–H and O–H groups in total. The van der Waals surface area contributed by atoms with Crippen molar-refractivity contribution < 1.29 is 24.9 Å². The van der Waals surface area contributed by atoms with Gasteiger partial charge in [-0.1, -0.05) is 0 Å². The molecule has 0 saturated heterocycles. The minimum absolute atomic E-state index is 0.230. The molecule has 5 nitrogen and oxygen atoms in total. The third kappa shape index (κ3) is 12.4. The number of hydrogen-bond donors (Lipinski definition) is 3. The average molecular weight is 283 g/mol. The molecule has 12 heavy (non-hydrogen) atoms. The van der Waals surface area contributed by atoms with Crippen molar-refractivity contribution in [3.05, 3.63) is 0 Å². The average Bonchev–Trinajstić information content (AvgIpc) is 1.87. The number of rotatable bonds is 3. The normalized spacial score (nSPS) is 10.9. The predicted molar refractivity (Wildman–Crippen MR) is 43.4 cm³/mol. The fraction of sp³-hybridized carbons (Fsp3) is 0.667. The molecule has 0 aromatic carbocycles. The van der Waals surface area contributed by atoms with Crippen LogP contribution < -0.4 is 0 Å². The molecule has 0 bridgehead atoms. The Morgan fingerprint density at radius 3 is 1.75 bits per heavy atom. The SMILES string of the molecule is O=C(O)CC(O)C(=O)O.[CH3][Sn][CH3]. The Morgan fingerprint density at radius 2 is 1.67 bits per heavy atom. The van der Waals surface area contributed by atoms with Gasteiger partial charge in [-0.25, -0.2) is 4.79 Å². The fourth-order valence-electron chi connectivity index (χ4n) is 0.253. The summed E-state index contributed by atoms with van der Waals surface area (Å²) in [6.45, 7) is 0. The Labute approximate surface area is 80.6 Å². The minimum atomic E-state index is -1.79. The first-order chi connectivity index (χ1) is 5.45. The van der Waals surface area contributed by atoms with Gasteiger partial charge in [0.05, 0.1) is 6.42 Å². The molecule has 1 atom stereocenters. The van der Waals surface area contributed by atoms with Gasteiger partial charge >= 0.3 is 43.0 Å². The molecule has 0 aliphatic carbocycles. The van der Waals surface area contributed by atoms with Crippen LogP contribution in [0.5, 0.6) is 0 Å². The van der Waals surface area contributed by atoms with E-state index >= 15 is 0 Å². The first-order valence-electron chi connectivity index (χ1n) is 3.16. The molecule has 0 aromatic heterocycles. The van der Waals surface area contributed by atoms with E-state index in [9.17, 15) is 9.59 Å². The summed E-state index contributed by atoms with van der Waals surface area (Å²) in [5.74, 6) is -2.85. The zero-order valence-electron chi connectivity index (χ0n) is 6.94. The van der Waals surface area contributed by atoms with E-state index in [0.29, 0.717) is 0 Å². The number of aliphatic carboxylic acids is 2. The Balaban J connectivity index is 0. The molecule has 0 amide bonds. The summed E-state index contributed by atoms with van der Waals surface area (Å²) in [6, 6.07) is 0. The summed E-state index contributed by atoms with van der Waals surface area (Å²) in [4.78, 5) is 24.0. The number of carbonyl (C=O) groups is 2. The topological polar surface area (TPSA) is 94.8 Å². The number of carboxylic acids is 2. The van der Waals surface area contributed by atoms with Gasteiger partial charge in [0, 0.05) is 0 Å². The van der Waals surface area contributed by atoms with Crippen molar-refractivity contribution in [2.45, 2.75) is 22.4 Å². The van der Waals surface area contributed by atoms with E-state index in [0.717, 1.165) is 0 Å². The van der Waals surface area contributed by atoms with Crippen LogP contribution in [-0.4, -0.2) is 54.5 Å². The molecule has 0 fully saturated rings. The number of aliphatic hydroxyl groups excluding tert-OH is 1. The van der Waals surface area contributed by atoms with Crippen LogP contribution >= 0.6 is 0 Å². The Bertz CT molecular complexity index is 147. The van der Waals surface area contributed by atoms with Gasteiger partial charge in [-0.3, -0.25) is 4.79 Å². The second-order valence-corrected chi connectivity index (χ2v) is 4.81. The van der Waals surface area contributed by atoms with Crippen LogP contribution in [0, 0.1) is 0 Å². The third-order valence-corrected chi connectivity index (χ3v) is 0.653. The molecule has 0 rings (SSSR count). The number of aliphatic hydroxyl groups is 1. The summed E-state index contributed by atoms with van der Waals surface area (Å²) in [7, 11) is 0. The van der Waals surface area contributed by atoms with Crippen molar-refractivity contribution in [1.82, 2.24) is 0 Å². The Hall–Kier alpha value is -0.301. The van der Waals surface area contributed by atoms with Gasteiger partial charge in [-0.05, 0) is 0 Å². The molecule has 6 heteroatoms. The van der Waals surface area contributed by atoms with Crippen molar-refractivity contribution in [3.8, 4) is 0 Å². The van der Waals surface area contributed by atoms with Crippen molar-refractivity contribution in [2.75, 3.05) is 0 Å². The third-order valence-electron chi connectivity index (χ3n) is 0.653. The van der Waals surface area contributed by atoms with Crippen LogP contribution in [-0.2, 0) is 9.59 Å². The summed E-state index contributed by atoms with van der Waals surface area (Å²) in [5.41, 5.74) is 0. The van der Waals surface area contributed by atoms with Gasteiger partial charge in [0.2, 0.25) is 0 Å². The van der Waals surface area contributed by atoms with E-state index < -0.39 is 24.5 Å². The van der Waals surface area contributed by atoms with Crippen molar-refractivity contribution in [2.24, 2.45) is 0 Å². The molecule has 2 radical (unpaired) electrons. The molecule has 0 spiro atoms. The molecule has 1 unspecified atom stereocenters. The molecule has 0 saturated carbocycles. The van der Waals surface area contributed by atoms with Gasteiger partial charge in [-0.2, -0.15) is 0 Å². The van der Waals surface area contributed by atoms with E-state index in [1.807, 2.05) is 0 Å². The molecule has 0 aliphatic rings. The van der Waals surface area contributed by atoms with E-state index in [2.05, 4.69) is 9.88 Å². The summed E-state index contributed by atoms with van der Waals surface area (Å²) in [6.07, 6.45) is -2.54. The first kappa shape index (κ1) is 14.2. The van der Waals surface area contributed by atoms with Gasteiger partial charge in [0.15, 0.2) is 6.10 Å². The zero-order valence-corrected chi connectivity index (χ0v) is 9.80. The second-order valence-electron chi connectivity index (χ2n) is 1.95. The Kier molecular flexibility index (Phi) is 10.4. The van der Waals surface area contributed by atoms with E-state index in [-0.39, 0.29) is 21.1 Å². The summed E-state index contributed by atoms with van der Waals surface area (Å²) < 4.78 is 0. The number of hydrogen-bond acceptors (Lipinski definition) is 3. The zero-order chi connectivity index (χ0) is 10.1. The molecule has 70 valence electrons. The summed E-state index contributed by atoms with van der Waals surface area (Å²) in [5, 5.41) is 24.1. The molecule has 0 aromatic rings. The van der Waals surface area contributed by atoms with Crippen LogP contribution in [0.4, 0.5) is 0 Å². The van der Waals surface area contributed by atoms with Crippen LogP contribution in [0.3, 0.4) is 0 Å². The van der Waals surface area contributed by atoms with Crippen LogP contribution in [0.25, 0.3) is 0 Å². The Morgan fingerprint density at radius 1 is 1.33 bits per heavy atom. The van der Waals surface area contributed by atoms with Gasteiger partial charge in [0.25, 0.3) is 0 Å². The summed E-state index contributed by atoms with van der Waals surface area (Å²) >= 11 is 0.230. The molecule has 0 aliphatic heterocycles. The van der Waals surface area contributed by atoms with Gasteiger partial charge in [0.1, 0.15) is 0 Å². The first-order valence-corrected chi connectivity index (χ1v) is 8.87. The molecular weight excluding hydrogens is 271 g/mol. The van der Waals surface area contributed by atoms with Crippen LogP contribution in [0.15, 0.2) is 0 Å². The molecular formula is C6H12O5Sn.